The lowest BCUT2D eigenvalue weighted by Crippen LogP contribution is -2.11. The number of aromatic carboxylic acids is 1. The van der Waals surface area contributed by atoms with Gasteiger partial charge in [-0.3, -0.25) is 4.57 Å². The van der Waals surface area contributed by atoms with Crippen molar-refractivity contribution in [3.63, 3.8) is 0 Å². The first-order valence-corrected chi connectivity index (χ1v) is 10.7. The van der Waals surface area contributed by atoms with Crippen LogP contribution in [0.5, 0.6) is 11.5 Å². The molecule has 0 aliphatic heterocycles. The third-order valence-electron chi connectivity index (χ3n) is 4.34. The van der Waals surface area contributed by atoms with E-state index < -0.39 is 22.7 Å². The minimum absolute atomic E-state index is 0.112. The molecule has 0 fully saturated rings. The number of carboxylic acid groups (broad SMARTS) is 1. The molecule has 13 heteroatoms. The van der Waals surface area contributed by atoms with Crippen molar-refractivity contribution >= 4 is 29.1 Å². The lowest BCUT2D eigenvalue weighted by molar-refractivity contribution is -0.141. The van der Waals surface area contributed by atoms with Crippen LogP contribution in [0.4, 0.5) is 13.2 Å². The smallest absolute Gasteiger partial charge is 0.435 e. The molecule has 170 valence electrons. The van der Waals surface area contributed by atoms with E-state index >= 15 is 0 Å². The number of benzene rings is 2. The number of rotatable bonds is 6. The summed E-state index contributed by atoms with van der Waals surface area (Å²) in [6, 6.07) is 13.2. The first kappa shape index (κ1) is 22.6. The maximum absolute atomic E-state index is 13.2. The van der Waals surface area contributed by atoms with Gasteiger partial charge in [0.15, 0.2) is 15.9 Å². The van der Waals surface area contributed by atoms with Crippen LogP contribution >= 0.6 is 23.1 Å². The predicted molar refractivity (Wildman–Crippen MR) is 113 cm³/mol. The van der Waals surface area contributed by atoms with Gasteiger partial charge >= 0.3 is 12.1 Å². The Bertz CT molecular complexity index is 1320. The van der Waals surface area contributed by atoms with Crippen LogP contribution < -0.4 is 4.74 Å². The van der Waals surface area contributed by atoms with Crippen molar-refractivity contribution in [1.29, 1.82) is 0 Å². The van der Waals surface area contributed by atoms with Crippen molar-refractivity contribution in [2.24, 2.45) is 0 Å². The van der Waals surface area contributed by atoms with Crippen molar-refractivity contribution in [3.05, 3.63) is 59.1 Å². The number of thiazole rings is 1. The number of hydrogen-bond acceptors (Lipinski definition) is 8. The molecule has 4 aromatic rings. The highest BCUT2D eigenvalue weighted by Gasteiger charge is 2.40. The molecule has 4 rings (SSSR count). The number of aromatic hydroxyl groups is 1. The molecule has 8 nitrogen and oxygen atoms in total. The van der Waals surface area contributed by atoms with Crippen LogP contribution in [-0.4, -0.2) is 43.0 Å². The summed E-state index contributed by atoms with van der Waals surface area (Å²) in [5.41, 5.74) is -0.633. The molecular weight excluding hydrogens is 481 g/mol. The van der Waals surface area contributed by atoms with Crippen molar-refractivity contribution in [1.82, 2.24) is 19.7 Å². The summed E-state index contributed by atoms with van der Waals surface area (Å²) >= 11 is 1.12. The predicted octanol–water partition coefficient (Wildman–Crippen LogP) is 4.97. The van der Waals surface area contributed by atoms with Crippen LogP contribution in [0, 0.1) is 0 Å². The summed E-state index contributed by atoms with van der Waals surface area (Å²) in [5.74, 6) is -1.19. The van der Waals surface area contributed by atoms with Gasteiger partial charge in [-0.25, -0.2) is 9.78 Å². The number of aromatic nitrogens is 4. The van der Waals surface area contributed by atoms with Gasteiger partial charge in [0.1, 0.15) is 16.4 Å². The highest BCUT2D eigenvalue weighted by Crippen LogP contribution is 2.41. The van der Waals surface area contributed by atoms with Gasteiger partial charge in [0.05, 0.1) is 12.7 Å². The Hall–Kier alpha value is -3.58. The monoisotopic (exact) mass is 494 g/mol. The molecule has 0 unspecified atom stereocenters. The molecule has 2 N–H and O–H groups in total. The maximum Gasteiger partial charge on any atom is 0.435 e. The molecule has 0 bridgehead atoms. The highest BCUT2D eigenvalue weighted by atomic mass is 32.2. The number of para-hydroxylation sites is 1. The first-order chi connectivity index (χ1) is 15.7. The van der Waals surface area contributed by atoms with E-state index in [1.807, 2.05) is 0 Å². The number of halogens is 3. The maximum atomic E-state index is 13.2. The number of hydrogen-bond donors (Lipinski definition) is 2. The largest absolute Gasteiger partial charge is 0.507 e. The molecule has 0 spiro atoms. The number of carboxylic acids is 1. The summed E-state index contributed by atoms with van der Waals surface area (Å²) in [7, 11) is 1.46. The number of phenols is 1. The minimum atomic E-state index is -4.92. The molecule has 2 heterocycles. The average Bonchev–Trinajstić information content (AvgIpc) is 3.40. The average molecular weight is 494 g/mol. The Kier molecular flexibility index (Phi) is 5.99. The van der Waals surface area contributed by atoms with Gasteiger partial charge in [-0.15, -0.1) is 10.2 Å². The van der Waals surface area contributed by atoms with E-state index in [0.29, 0.717) is 22.8 Å². The van der Waals surface area contributed by atoms with Crippen LogP contribution in [0.3, 0.4) is 0 Å². The Morgan fingerprint density at radius 3 is 2.48 bits per heavy atom. The highest BCUT2D eigenvalue weighted by molar-refractivity contribution is 8.00. The van der Waals surface area contributed by atoms with Gasteiger partial charge in [-0.2, -0.15) is 13.2 Å². The summed E-state index contributed by atoms with van der Waals surface area (Å²) < 4.78 is 46.3. The topological polar surface area (TPSA) is 110 Å². The minimum Gasteiger partial charge on any atom is -0.507 e. The molecule has 2 aromatic heterocycles. The second kappa shape index (κ2) is 8.75. The fraction of sp³-hybridized carbons (Fsp3) is 0.100. The number of ether oxygens (including phenoxy) is 1. The molecule has 2 aromatic carbocycles. The summed E-state index contributed by atoms with van der Waals surface area (Å²) in [6.45, 7) is 0. The van der Waals surface area contributed by atoms with E-state index in [1.54, 1.807) is 42.5 Å². The van der Waals surface area contributed by atoms with Crippen molar-refractivity contribution < 1.29 is 32.9 Å². The Balaban J connectivity index is 1.85. The zero-order valence-corrected chi connectivity index (χ0v) is 18.2. The van der Waals surface area contributed by atoms with E-state index in [9.17, 15) is 23.1 Å². The van der Waals surface area contributed by atoms with Crippen LogP contribution in [0.1, 0.15) is 15.4 Å². The molecular formula is C20H13F3N4O4S2. The lowest BCUT2D eigenvalue weighted by Gasteiger charge is -2.11. The van der Waals surface area contributed by atoms with Crippen LogP contribution in [0.25, 0.3) is 17.1 Å². The first-order valence-electron chi connectivity index (χ1n) is 9.06. The molecule has 0 aliphatic carbocycles. The van der Waals surface area contributed by atoms with Gasteiger partial charge in [0.25, 0.3) is 0 Å². The Morgan fingerprint density at radius 2 is 1.88 bits per heavy atom. The van der Waals surface area contributed by atoms with Crippen LogP contribution in [-0.2, 0) is 6.18 Å². The van der Waals surface area contributed by atoms with E-state index in [0.717, 1.165) is 11.8 Å². The zero-order chi connectivity index (χ0) is 23.8. The number of nitrogens with zero attached hydrogens (tertiary/aromatic N) is 4. The molecule has 0 atom stereocenters. The van der Waals surface area contributed by atoms with E-state index in [1.165, 1.54) is 17.7 Å². The Labute approximate surface area is 192 Å². The third kappa shape index (κ3) is 4.50. The summed E-state index contributed by atoms with van der Waals surface area (Å²) in [6.07, 6.45) is -4.92. The fourth-order valence-corrected chi connectivity index (χ4v) is 4.86. The normalized spacial score (nSPS) is 11.5. The van der Waals surface area contributed by atoms with Crippen LogP contribution in [0.15, 0.2) is 58.0 Å². The van der Waals surface area contributed by atoms with Crippen molar-refractivity contribution in [2.75, 3.05) is 7.11 Å². The van der Waals surface area contributed by atoms with Gasteiger partial charge in [0.2, 0.25) is 5.16 Å². The van der Waals surface area contributed by atoms with Crippen molar-refractivity contribution in [2.45, 2.75) is 15.7 Å². The number of methoxy groups -OCH3 is 1. The van der Waals surface area contributed by atoms with Gasteiger partial charge in [0, 0.05) is 5.69 Å². The van der Waals surface area contributed by atoms with E-state index in [-0.39, 0.29) is 26.6 Å². The number of phenolic OH excluding ortho intramolecular Hbond substituents is 1. The lowest BCUT2D eigenvalue weighted by atomic mass is 10.1. The molecule has 0 saturated carbocycles. The second-order valence-corrected chi connectivity index (χ2v) is 8.64. The third-order valence-corrected chi connectivity index (χ3v) is 6.39. The fourth-order valence-electron chi connectivity index (χ4n) is 2.90. The van der Waals surface area contributed by atoms with Crippen LogP contribution in [0.2, 0.25) is 0 Å². The summed E-state index contributed by atoms with van der Waals surface area (Å²) in [4.78, 5) is 13.9. The molecule has 0 aliphatic rings. The number of alkyl halides is 3. The van der Waals surface area contributed by atoms with E-state index in [2.05, 4.69) is 15.2 Å². The van der Waals surface area contributed by atoms with Gasteiger partial charge < -0.3 is 14.9 Å². The zero-order valence-electron chi connectivity index (χ0n) is 16.6. The standard InChI is InChI=1S/C20H13F3N4O4S2/c1-31-11-7-8-13(28)12(9-11)16-25-26-18(27(16)10-5-3-2-4-6-10)33-19-24-15(20(21,22)23)14(32-19)17(29)30/h2-9,28H,1H3,(H,29,30). The van der Waals surface area contributed by atoms with Crippen molar-refractivity contribution in [3.8, 4) is 28.6 Å². The molecule has 0 radical (unpaired) electrons. The second-order valence-electron chi connectivity index (χ2n) is 6.42. The van der Waals surface area contributed by atoms with Gasteiger partial charge in [-0.1, -0.05) is 29.5 Å². The SMILES string of the molecule is COc1ccc(O)c(-c2nnc(Sc3nc(C(F)(F)F)c(C(=O)O)s3)n2-c2ccccc2)c1. The molecule has 0 saturated heterocycles. The quantitative estimate of drug-likeness (QED) is 0.387. The van der Waals surface area contributed by atoms with E-state index in [4.69, 9.17) is 9.84 Å². The summed E-state index contributed by atoms with van der Waals surface area (Å²) in [5, 5.41) is 27.9. The molecule has 0 amide bonds. The molecule has 33 heavy (non-hydrogen) atoms. The van der Waals surface area contributed by atoms with Gasteiger partial charge in [-0.05, 0) is 42.1 Å². The number of carbonyl (C=O) groups is 1. The Morgan fingerprint density at radius 1 is 1.15 bits per heavy atom.